The highest BCUT2D eigenvalue weighted by atomic mass is 16.5. The largest absolute Gasteiger partial charge is 0.466 e. The van der Waals surface area contributed by atoms with E-state index in [2.05, 4.69) is 13.8 Å². The molecule has 0 spiro atoms. The Kier molecular flexibility index (Phi) is 5.53. The summed E-state index contributed by atoms with van der Waals surface area (Å²) in [4.78, 5) is 10.8. The van der Waals surface area contributed by atoms with Crippen molar-refractivity contribution in [2.45, 2.75) is 27.2 Å². The molecule has 0 saturated heterocycles. The fourth-order valence-electron chi connectivity index (χ4n) is 0.656. The zero-order valence-electron chi connectivity index (χ0n) is 7.46. The van der Waals surface area contributed by atoms with Gasteiger partial charge in [0.1, 0.15) is 0 Å². The molecule has 0 aliphatic rings. The fraction of sp³-hybridized carbons (Fsp3) is 0.667. The van der Waals surface area contributed by atoms with E-state index >= 15 is 0 Å². The minimum absolute atomic E-state index is 0.149. The van der Waals surface area contributed by atoms with E-state index < -0.39 is 0 Å². The highest BCUT2D eigenvalue weighted by molar-refractivity contribution is 5.71. The van der Waals surface area contributed by atoms with Gasteiger partial charge in [0, 0.05) is 0 Å². The lowest BCUT2D eigenvalue weighted by Crippen LogP contribution is -2.01. The van der Waals surface area contributed by atoms with Crippen molar-refractivity contribution in [1.82, 2.24) is 0 Å². The highest BCUT2D eigenvalue weighted by Gasteiger charge is 1.95. The van der Waals surface area contributed by atoms with Gasteiger partial charge in [-0.25, -0.2) is 0 Å². The monoisotopic (exact) mass is 156 g/mol. The molecule has 0 amide bonds. The third kappa shape index (κ3) is 7.10. The first-order valence-corrected chi connectivity index (χ1v) is 3.99. The topological polar surface area (TPSA) is 26.3 Å². The minimum atomic E-state index is -0.149. The maximum Gasteiger partial charge on any atom is 0.309 e. The molecule has 0 aromatic heterocycles. The highest BCUT2D eigenvalue weighted by Crippen LogP contribution is 1.96. The summed E-state index contributed by atoms with van der Waals surface area (Å²) < 4.78 is 4.73. The lowest BCUT2D eigenvalue weighted by molar-refractivity contribution is -0.142. The lowest BCUT2D eigenvalue weighted by Gasteiger charge is -1.97. The van der Waals surface area contributed by atoms with Crippen molar-refractivity contribution in [3.8, 4) is 0 Å². The van der Waals surface area contributed by atoms with Gasteiger partial charge in [0.05, 0.1) is 13.0 Å². The van der Waals surface area contributed by atoms with E-state index in [9.17, 15) is 4.79 Å². The second-order valence-corrected chi connectivity index (χ2v) is 2.68. The average Bonchev–Trinajstić information content (AvgIpc) is 1.87. The van der Waals surface area contributed by atoms with E-state index in [1.807, 2.05) is 19.1 Å². The molecular formula is C9H16O2. The van der Waals surface area contributed by atoms with Crippen molar-refractivity contribution in [2.75, 3.05) is 6.61 Å². The van der Waals surface area contributed by atoms with Crippen LogP contribution < -0.4 is 0 Å². The van der Waals surface area contributed by atoms with Gasteiger partial charge >= 0.3 is 5.97 Å². The SMILES string of the molecule is CCOC(=O)CC=CC(C)C. The predicted molar refractivity (Wildman–Crippen MR) is 45.2 cm³/mol. The number of carbonyl (C=O) groups is 1. The van der Waals surface area contributed by atoms with E-state index in [-0.39, 0.29) is 5.97 Å². The Morgan fingerprint density at radius 3 is 2.64 bits per heavy atom. The van der Waals surface area contributed by atoms with Crippen LogP contribution in [0.1, 0.15) is 27.2 Å². The van der Waals surface area contributed by atoms with Crippen LogP contribution in [0.3, 0.4) is 0 Å². The second kappa shape index (κ2) is 5.96. The number of ether oxygens (including phenoxy) is 1. The normalized spacial score (nSPS) is 10.9. The van der Waals surface area contributed by atoms with Gasteiger partial charge in [-0.2, -0.15) is 0 Å². The van der Waals surface area contributed by atoms with Crippen molar-refractivity contribution in [3.05, 3.63) is 12.2 Å². The molecule has 0 rings (SSSR count). The molecule has 64 valence electrons. The number of allylic oxidation sites excluding steroid dienone is 1. The Bertz CT molecular complexity index is 136. The molecule has 2 heteroatoms. The van der Waals surface area contributed by atoms with Crippen LogP contribution in [0, 0.1) is 5.92 Å². The maximum absolute atomic E-state index is 10.8. The average molecular weight is 156 g/mol. The van der Waals surface area contributed by atoms with Crippen LogP contribution in [-0.2, 0) is 9.53 Å². The van der Waals surface area contributed by atoms with Gasteiger partial charge in [0.2, 0.25) is 0 Å². The molecule has 0 saturated carbocycles. The number of carbonyl (C=O) groups excluding carboxylic acids is 1. The fourth-order valence-corrected chi connectivity index (χ4v) is 0.656. The summed E-state index contributed by atoms with van der Waals surface area (Å²) in [6.45, 7) is 6.42. The molecule has 0 aromatic carbocycles. The van der Waals surface area contributed by atoms with Gasteiger partial charge in [0.15, 0.2) is 0 Å². The molecular weight excluding hydrogens is 140 g/mol. The number of hydrogen-bond donors (Lipinski definition) is 0. The van der Waals surface area contributed by atoms with Crippen molar-refractivity contribution in [2.24, 2.45) is 5.92 Å². The third-order valence-electron chi connectivity index (χ3n) is 1.11. The molecule has 2 nitrogen and oxygen atoms in total. The minimum Gasteiger partial charge on any atom is -0.466 e. The first kappa shape index (κ1) is 10.2. The van der Waals surface area contributed by atoms with Crippen LogP contribution in [0.2, 0.25) is 0 Å². The molecule has 0 aromatic rings. The first-order valence-electron chi connectivity index (χ1n) is 3.99. The summed E-state index contributed by atoms with van der Waals surface area (Å²) in [6, 6.07) is 0. The van der Waals surface area contributed by atoms with Gasteiger partial charge in [-0.15, -0.1) is 0 Å². The van der Waals surface area contributed by atoms with Gasteiger partial charge in [0.25, 0.3) is 0 Å². The predicted octanol–water partition coefficient (Wildman–Crippen LogP) is 2.15. The van der Waals surface area contributed by atoms with Crippen LogP contribution in [0.5, 0.6) is 0 Å². The first-order chi connectivity index (χ1) is 5.16. The summed E-state index contributed by atoms with van der Waals surface area (Å²) >= 11 is 0. The van der Waals surface area contributed by atoms with Crippen molar-refractivity contribution >= 4 is 5.97 Å². The molecule has 0 aliphatic carbocycles. The number of esters is 1. The van der Waals surface area contributed by atoms with Gasteiger partial charge in [-0.3, -0.25) is 4.79 Å². The lowest BCUT2D eigenvalue weighted by atomic mass is 10.2. The molecule has 11 heavy (non-hydrogen) atoms. The summed E-state index contributed by atoms with van der Waals surface area (Å²) in [6.07, 6.45) is 4.24. The van der Waals surface area contributed by atoms with Crippen LogP contribution in [0.15, 0.2) is 12.2 Å². The second-order valence-electron chi connectivity index (χ2n) is 2.68. The standard InChI is InChI=1S/C9H16O2/c1-4-11-9(10)7-5-6-8(2)3/h5-6,8H,4,7H2,1-3H3. The van der Waals surface area contributed by atoms with Crippen LogP contribution in [-0.4, -0.2) is 12.6 Å². The quantitative estimate of drug-likeness (QED) is 0.460. The molecule has 0 heterocycles. The van der Waals surface area contributed by atoms with Gasteiger partial charge < -0.3 is 4.74 Å². The number of hydrogen-bond acceptors (Lipinski definition) is 2. The van der Waals surface area contributed by atoms with Crippen LogP contribution in [0.4, 0.5) is 0 Å². The van der Waals surface area contributed by atoms with Crippen molar-refractivity contribution in [1.29, 1.82) is 0 Å². The van der Waals surface area contributed by atoms with Crippen LogP contribution in [0.25, 0.3) is 0 Å². The third-order valence-corrected chi connectivity index (χ3v) is 1.11. The molecule has 0 bridgehead atoms. The van der Waals surface area contributed by atoms with E-state index in [0.717, 1.165) is 0 Å². The maximum atomic E-state index is 10.8. The van der Waals surface area contributed by atoms with Gasteiger partial charge in [-0.05, 0) is 12.8 Å². The Labute approximate surface area is 68.2 Å². The van der Waals surface area contributed by atoms with E-state index in [1.54, 1.807) is 0 Å². The zero-order valence-corrected chi connectivity index (χ0v) is 7.46. The Balaban J connectivity index is 3.45. The summed E-state index contributed by atoms with van der Waals surface area (Å²) in [7, 11) is 0. The van der Waals surface area contributed by atoms with Gasteiger partial charge in [-0.1, -0.05) is 26.0 Å². The molecule has 0 atom stereocenters. The zero-order chi connectivity index (χ0) is 8.69. The Morgan fingerprint density at radius 2 is 2.18 bits per heavy atom. The molecule has 0 radical (unpaired) electrons. The summed E-state index contributed by atoms with van der Waals surface area (Å²) in [5.74, 6) is 0.355. The van der Waals surface area contributed by atoms with Crippen molar-refractivity contribution in [3.63, 3.8) is 0 Å². The van der Waals surface area contributed by atoms with E-state index in [4.69, 9.17) is 4.74 Å². The smallest absolute Gasteiger partial charge is 0.309 e. The molecule has 0 unspecified atom stereocenters. The van der Waals surface area contributed by atoms with E-state index in [1.165, 1.54) is 0 Å². The summed E-state index contributed by atoms with van der Waals surface area (Å²) in [5.41, 5.74) is 0. The van der Waals surface area contributed by atoms with Crippen LogP contribution >= 0.6 is 0 Å². The molecule has 0 N–H and O–H groups in total. The number of rotatable bonds is 4. The summed E-state index contributed by atoms with van der Waals surface area (Å²) in [5, 5.41) is 0. The van der Waals surface area contributed by atoms with E-state index in [0.29, 0.717) is 18.9 Å². The Morgan fingerprint density at radius 1 is 1.55 bits per heavy atom. The molecule has 0 fully saturated rings. The Hall–Kier alpha value is -0.790. The molecule has 0 aliphatic heterocycles. The van der Waals surface area contributed by atoms with Crippen molar-refractivity contribution < 1.29 is 9.53 Å².